The first-order valence-electron chi connectivity index (χ1n) is 8.98. The molecule has 0 aliphatic carbocycles. The van der Waals surface area contributed by atoms with E-state index >= 15 is 0 Å². The summed E-state index contributed by atoms with van der Waals surface area (Å²) in [5, 5.41) is 4.48. The van der Waals surface area contributed by atoms with E-state index in [1.165, 1.54) is 34.8 Å². The standard InChI is InChI=1S/C18H25FN4O4S/c1-21(2)28(24,25)23-8-10-27-18(13-23)17-12-15(22(3)20-17)7-9-26-16-6-4-5-14(19)11-16/h4-6,11-12,18H,7-10,13H2,1-3H3/t18-/m0/s1. The highest BCUT2D eigenvalue weighted by atomic mass is 32.2. The number of aryl methyl sites for hydroxylation is 1. The van der Waals surface area contributed by atoms with Gasteiger partial charge in [0.25, 0.3) is 10.2 Å². The molecule has 0 amide bonds. The highest BCUT2D eigenvalue weighted by Crippen LogP contribution is 2.24. The molecule has 10 heteroatoms. The van der Waals surface area contributed by atoms with E-state index in [2.05, 4.69) is 5.10 Å². The van der Waals surface area contributed by atoms with Crippen molar-refractivity contribution in [3.8, 4) is 5.75 Å². The number of hydrogen-bond acceptors (Lipinski definition) is 5. The van der Waals surface area contributed by atoms with Crippen LogP contribution >= 0.6 is 0 Å². The molecule has 154 valence electrons. The molecule has 8 nitrogen and oxygen atoms in total. The summed E-state index contributed by atoms with van der Waals surface area (Å²) in [4.78, 5) is 0. The summed E-state index contributed by atoms with van der Waals surface area (Å²) in [5.74, 6) is 0.134. The van der Waals surface area contributed by atoms with E-state index in [4.69, 9.17) is 9.47 Å². The predicted molar refractivity (Wildman–Crippen MR) is 102 cm³/mol. The van der Waals surface area contributed by atoms with E-state index in [-0.39, 0.29) is 12.4 Å². The highest BCUT2D eigenvalue weighted by Gasteiger charge is 2.32. The lowest BCUT2D eigenvalue weighted by atomic mass is 10.2. The van der Waals surface area contributed by atoms with Crippen LogP contribution in [0.1, 0.15) is 17.5 Å². The van der Waals surface area contributed by atoms with Crippen molar-refractivity contribution in [1.29, 1.82) is 0 Å². The van der Waals surface area contributed by atoms with Crippen molar-refractivity contribution < 1.29 is 22.3 Å². The number of ether oxygens (including phenoxy) is 2. The van der Waals surface area contributed by atoms with Gasteiger partial charge in [-0.3, -0.25) is 4.68 Å². The normalized spacial score (nSPS) is 18.5. The Kier molecular flexibility index (Phi) is 6.33. The third-order valence-electron chi connectivity index (χ3n) is 4.57. The number of halogens is 1. The first-order valence-corrected chi connectivity index (χ1v) is 10.4. The van der Waals surface area contributed by atoms with Gasteiger partial charge >= 0.3 is 0 Å². The lowest BCUT2D eigenvalue weighted by molar-refractivity contribution is -0.00649. The zero-order valence-corrected chi connectivity index (χ0v) is 17.0. The summed E-state index contributed by atoms with van der Waals surface area (Å²) >= 11 is 0. The molecular formula is C18H25FN4O4S. The Labute approximate surface area is 164 Å². The van der Waals surface area contributed by atoms with Gasteiger partial charge in [-0.2, -0.15) is 22.1 Å². The van der Waals surface area contributed by atoms with Gasteiger partial charge in [-0.05, 0) is 18.2 Å². The highest BCUT2D eigenvalue weighted by molar-refractivity contribution is 7.86. The first-order chi connectivity index (χ1) is 13.3. The maximum Gasteiger partial charge on any atom is 0.281 e. The SMILES string of the molecule is CN(C)S(=O)(=O)N1CCO[C@H](c2cc(CCOc3cccc(F)c3)n(C)n2)C1. The molecule has 0 spiro atoms. The molecule has 1 saturated heterocycles. The smallest absolute Gasteiger partial charge is 0.281 e. The second-order valence-electron chi connectivity index (χ2n) is 6.75. The molecule has 0 bridgehead atoms. The Morgan fingerprint density at radius 3 is 2.86 bits per heavy atom. The molecule has 1 fully saturated rings. The quantitative estimate of drug-likeness (QED) is 0.686. The molecule has 1 aromatic heterocycles. The average Bonchev–Trinajstić information content (AvgIpc) is 3.03. The maximum absolute atomic E-state index is 13.2. The minimum absolute atomic E-state index is 0.219. The predicted octanol–water partition coefficient (Wildman–Crippen LogP) is 1.36. The molecule has 0 N–H and O–H groups in total. The third kappa shape index (κ3) is 4.69. The molecule has 1 aliphatic rings. The van der Waals surface area contributed by atoms with Gasteiger partial charge < -0.3 is 9.47 Å². The largest absolute Gasteiger partial charge is 0.493 e. The minimum Gasteiger partial charge on any atom is -0.493 e. The number of nitrogens with zero attached hydrogens (tertiary/aromatic N) is 4. The van der Waals surface area contributed by atoms with Crippen molar-refractivity contribution in [2.45, 2.75) is 12.5 Å². The molecule has 2 heterocycles. The van der Waals surface area contributed by atoms with Gasteiger partial charge in [0.1, 0.15) is 17.7 Å². The monoisotopic (exact) mass is 412 g/mol. The molecule has 28 heavy (non-hydrogen) atoms. The topological polar surface area (TPSA) is 76.9 Å². The van der Waals surface area contributed by atoms with Crippen LogP contribution in [-0.4, -0.2) is 67.2 Å². The van der Waals surface area contributed by atoms with E-state index in [1.807, 2.05) is 13.1 Å². The molecule has 0 saturated carbocycles. The summed E-state index contributed by atoms with van der Waals surface area (Å²) in [5.41, 5.74) is 1.60. The van der Waals surface area contributed by atoms with Gasteiger partial charge in [-0.1, -0.05) is 6.07 Å². The second kappa shape index (κ2) is 8.56. The Balaban J connectivity index is 1.63. The van der Waals surface area contributed by atoms with Crippen molar-refractivity contribution in [3.05, 3.63) is 47.5 Å². The number of rotatable bonds is 7. The van der Waals surface area contributed by atoms with Gasteiger partial charge in [0.15, 0.2) is 0 Å². The van der Waals surface area contributed by atoms with Crippen LogP contribution in [0.25, 0.3) is 0 Å². The number of morpholine rings is 1. The van der Waals surface area contributed by atoms with Gasteiger partial charge in [-0.15, -0.1) is 0 Å². The Morgan fingerprint density at radius 2 is 2.14 bits per heavy atom. The summed E-state index contributed by atoms with van der Waals surface area (Å²) in [6.07, 6.45) is 0.152. The first kappa shape index (κ1) is 20.7. The van der Waals surface area contributed by atoms with Crippen LogP contribution in [0.15, 0.2) is 30.3 Å². The molecule has 3 rings (SSSR count). The summed E-state index contributed by atoms with van der Waals surface area (Å²) in [7, 11) is 1.35. The molecule has 2 aromatic rings. The molecular weight excluding hydrogens is 387 g/mol. The maximum atomic E-state index is 13.2. The van der Waals surface area contributed by atoms with Gasteiger partial charge in [0, 0.05) is 52.4 Å². The minimum atomic E-state index is -3.49. The fraction of sp³-hybridized carbons (Fsp3) is 0.500. The summed E-state index contributed by atoms with van der Waals surface area (Å²) in [6.45, 7) is 1.22. The number of hydrogen-bond donors (Lipinski definition) is 0. The van der Waals surface area contributed by atoms with E-state index in [0.717, 1.165) is 5.69 Å². The summed E-state index contributed by atoms with van der Waals surface area (Å²) < 4.78 is 53.6. The van der Waals surface area contributed by atoms with Gasteiger partial charge in [-0.25, -0.2) is 4.39 Å². The van der Waals surface area contributed by atoms with E-state index in [9.17, 15) is 12.8 Å². The third-order valence-corrected chi connectivity index (χ3v) is 6.47. The Morgan fingerprint density at radius 1 is 1.36 bits per heavy atom. The van der Waals surface area contributed by atoms with E-state index < -0.39 is 16.3 Å². The second-order valence-corrected chi connectivity index (χ2v) is 8.89. The number of benzene rings is 1. The van der Waals surface area contributed by atoms with Crippen molar-refractivity contribution in [1.82, 2.24) is 18.4 Å². The Bertz CT molecular complexity index is 916. The van der Waals surface area contributed by atoms with Crippen LogP contribution in [-0.2, 0) is 28.4 Å². The molecule has 1 atom stereocenters. The van der Waals surface area contributed by atoms with Gasteiger partial charge in [0.2, 0.25) is 0 Å². The lowest BCUT2D eigenvalue weighted by Gasteiger charge is -2.32. The zero-order valence-electron chi connectivity index (χ0n) is 16.2. The fourth-order valence-electron chi connectivity index (χ4n) is 3.00. The van der Waals surface area contributed by atoms with E-state index in [0.29, 0.717) is 37.6 Å². The van der Waals surface area contributed by atoms with E-state index in [1.54, 1.807) is 16.8 Å². The van der Waals surface area contributed by atoms with Crippen LogP contribution < -0.4 is 4.74 Å². The van der Waals surface area contributed by atoms with Crippen LogP contribution in [0, 0.1) is 5.82 Å². The van der Waals surface area contributed by atoms with Gasteiger partial charge in [0.05, 0.1) is 18.9 Å². The fourth-order valence-corrected chi connectivity index (χ4v) is 4.09. The summed E-state index contributed by atoms with van der Waals surface area (Å²) in [6, 6.07) is 7.90. The van der Waals surface area contributed by atoms with Crippen molar-refractivity contribution in [3.63, 3.8) is 0 Å². The number of aromatic nitrogens is 2. The average molecular weight is 412 g/mol. The van der Waals surface area contributed by atoms with Crippen LogP contribution in [0.5, 0.6) is 5.75 Å². The van der Waals surface area contributed by atoms with Crippen molar-refractivity contribution >= 4 is 10.2 Å². The lowest BCUT2D eigenvalue weighted by Crippen LogP contribution is -2.47. The van der Waals surface area contributed by atoms with Crippen molar-refractivity contribution in [2.24, 2.45) is 7.05 Å². The van der Waals surface area contributed by atoms with Crippen molar-refractivity contribution in [2.75, 3.05) is 40.4 Å². The zero-order chi connectivity index (χ0) is 20.3. The molecule has 0 radical (unpaired) electrons. The molecule has 1 aliphatic heterocycles. The van der Waals surface area contributed by atoms with Crippen LogP contribution in [0.3, 0.4) is 0 Å². The molecule has 1 aromatic carbocycles. The Hall–Kier alpha value is -2.01. The van der Waals surface area contributed by atoms with Crippen LogP contribution in [0.4, 0.5) is 4.39 Å². The molecule has 0 unspecified atom stereocenters. The van der Waals surface area contributed by atoms with Crippen LogP contribution in [0.2, 0.25) is 0 Å².